The number of hydrogen-bond acceptors (Lipinski definition) is 2. The van der Waals surface area contributed by atoms with Crippen molar-refractivity contribution >= 4 is 30.2 Å². The predicted molar refractivity (Wildman–Crippen MR) is 65.4 cm³/mol. The first-order chi connectivity index (χ1) is 6.85. The summed E-state index contributed by atoms with van der Waals surface area (Å²) in [6.45, 7) is 5.63. The molecule has 1 nitrogen and oxygen atoms in total. The lowest BCUT2D eigenvalue weighted by molar-refractivity contribution is 1.33. The minimum Gasteiger partial charge on any atom is -0.264 e. The maximum absolute atomic E-state index is 4.06. The molecule has 0 amide bonds. The van der Waals surface area contributed by atoms with Crippen LogP contribution in [0.15, 0.2) is 23.2 Å². The van der Waals surface area contributed by atoms with Gasteiger partial charge in [-0.1, -0.05) is 12.2 Å². The molecule has 0 radical (unpaired) electrons. The average molecular weight is 203 g/mol. The quantitative estimate of drug-likeness (QED) is 0.666. The third-order valence-corrected chi connectivity index (χ3v) is 3.41. The number of allylic oxidation sites excluding steroid dienone is 1. The van der Waals surface area contributed by atoms with E-state index < -0.39 is 0 Å². The van der Waals surface area contributed by atoms with E-state index in [9.17, 15) is 0 Å². The zero-order chi connectivity index (χ0) is 9.97. The largest absolute Gasteiger partial charge is 0.264 e. The van der Waals surface area contributed by atoms with Crippen molar-refractivity contribution in [3.8, 4) is 0 Å². The fourth-order valence-electron chi connectivity index (χ4n) is 1.69. The molecule has 0 fully saturated rings. The van der Waals surface area contributed by atoms with Crippen molar-refractivity contribution in [1.29, 1.82) is 0 Å². The van der Waals surface area contributed by atoms with Crippen molar-refractivity contribution in [2.45, 2.75) is 18.4 Å². The lowest BCUT2D eigenvalue weighted by atomic mass is 10.0. The van der Waals surface area contributed by atoms with Crippen LogP contribution in [0.25, 0.3) is 6.08 Å². The Morgan fingerprint density at radius 1 is 1.36 bits per heavy atom. The second kappa shape index (κ2) is 4.01. The van der Waals surface area contributed by atoms with Crippen molar-refractivity contribution in [2.75, 3.05) is 0 Å². The van der Waals surface area contributed by atoms with E-state index in [1.807, 2.05) is 24.8 Å². The molecule has 2 heteroatoms. The Bertz CT molecular complexity index is 394. The van der Waals surface area contributed by atoms with Crippen LogP contribution < -0.4 is 0 Å². The van der Waals surface area contributed by atoms with Gasteiger partial charge in [-0.3, -0.25) is 4.99 Å². The Balaban J connectivity index is 2.54. The van der Waals surface area contributed by atoms with Gasteiger partial charge < -0.3 is 0 Å². The topological polar surface area (TPSA) is 12.4 Å². The highest BCUT2D eigenvalue weighted by atomic mass is 32.2. The zero-order valence-corrected chi connectivity index (χ0v) is 9.10. The van der Waals surface area contributed by atoms with Crippen LogP contribution in [0.1, 0.15) is 23.6 Å². The zero-order valence-electron chi connectivity index (χ0n) is 8.29. The predicted octanol–water partition coefficient (Wildman–Crippen LogP) is 3.80. The summed E-state index contributed by atoms with van der Waals surface area (Å²) >= 11 is 1.96. The van der Waals surface area contributed by atoms with Crippen LogP contribution in [-0.2, 0) is 11.5 Å². The number of nitrogens with zero attached hydrogens (tertiary/aromatic N) is 1. The Morgan fingerprint density at radius 3 is 2.71 bits per heavy atom. The van der Waals surface area contributed by atoms with Crippen LogP contribution >= 0.6 is 11.8 Å². The third-order valence-electron chi connectivity index (χ3n) is 2.38. The van der Waals surface area contributed by atoms with Crippen LogP contribution in [0.3, 0.4) is 0 Å². The van der Waals surface area contributed by atoms with Crippen molar-refractivity contribution < 1.29 is 0 Å². The van der Waals surface area contributed by atoms with Gasteiger partial charge in [0.2, 0.25) is 0 Å². The summed E-state index contributed by atoms with van der Waals surface area (Å²) in [5.74, 6) is 2.26. The first-order valence-electron chi connectivity index (χ1n) is 4.68. The molecule has 72 valence electrons. The Labute approximate surface area is 88.9 Å². The van der Waals surface area contributed by atoms with E-state index in [0.717, 1.165) is 17.2 Å². The highest BCUT2D eigenvalue weighted by Crippen LogP contribution is 2.35. The van der Waals surface area contributed by atoms with Gasteiger partial charge in [0.25, 0.3) is 0 Å². The average Bonchev–Trinajstić information content (AvgIpc) is 2.64. The Hall–Kier alpha value is -1.02. The van der Waals surface area contributed by atoms with Gasteiger partial charge >= 0.3 is 0 Å². The van der Waals surface area contributed by atoms with Gasteiger partial charge in [-0.25, -0.2) is 0 Å². The standard InChI is InChI=1S/C12H13NS/c1-3-4-9-5-10-7-14-8-11(10)6-12(9)13-2/h3-6H,2,7-8H2,1H3/b4-3-. The van der Waals surface area contributed by atoms with Crippen LogP contribution in [0, 0.1) is 0 Å². The maximum Gasteiger partial charge on any atom is 0.0697 e. The first-order valence-corrected chi connectivity index (χ1v) is 5.83. The van der Waals surface area contributed by atoms with Gasteiger partial charge in [-0.05, 0) is 36.9 Å². The van der Waals surface area contributed by atoms with Crippen LogP contribution in [0.4, 0.5) is 5.69 Å². The van der Waals surface area contributed by atoms with E-state index >= 15 is 0 Å². The van der Waals surface area contributed by atoms with Crippen LogP contribution in [0.2, 0.25) is 0 Å². The summed E-state index contributed by atoms with van der Waals surface area (Å²) in [6.07, 6.45) is 4.13. The lowest BCUT2D eigenvalue weighted by Gasteiger charge is -2.04. The maximum atomic E-state index is 4.06. The molecule has 0 N–H and O–H groups in total. The van der Waals surface area contributed by atoms with Crippen LogP contribution in [-0.4, -0.2) is 6.72 Å². The summed E-state index contributed by atoms with van der Waals surface area (Å²) in [5, 5.41) is 0. The molecular weight excluding hydrogens is 190 g/mol. The Kier molecular flexibility index (Phi) is 2.73. The molecule has 0 aliphatic carbocycles. The molecule has 0 saturated carbocycles. The number of aliphatic imine (C=N–C) groups is 1. The lowest BCUT2D eigenvalue weighted by Crippen LogP contribution is -1.84. The molecule has 0 saturated heterocycles. The van der Waals surface area contributed by atoms with E-state index in [-0.39, 0.29) is 0 Å². The molecule has 0 bridgehead atoms. The van der Waals surface area contributed by atoms with Gasteiger partial charge in [0.05, 0.1) is 5.69 Å². The summed E-state index contributed by atoms with van der Waals surface area (Å²) < 4.78 is 0. The number of benzene rings is 1. The van der Waals surface area contributed by atoms with Crippen molar-refractivity contribution in [1.82, 2.24) is 0 Å². The minimum atomic E-state index is 1.00. The molecule has 1 heterocycles. The molecule has 1 aromatic carbocycles. The minimum absolute atomic E-state index is 1.00. The Morgan fingerprint density at radius 2 is 2.07 bits per heavy atom. The highest BCUT2D eigenvalue weighted by molar-refractivity contribution is 7.98. The van der Waals surface area contributed by atoms with E-state index in [1.165, 1.54) is 16.7 Å². The van der Waals surface area contributed by atoms with Gasteiger partial charge in [0.15, 0.2) is 0 Å². The van der Waals surface area contributed by atoms with E-state index in [0.29, 0.717) is 0 Å². The summed E-state index contributed by atoms with van der Waals surface area (Å²) in [4.78, 5) is 4.06. The van der Waals surface area contributed by atoms with Crippen molar-refractivity contribution in [2.24, 2.45) is 4.99 Å². The monoisotopic (exact) mass is 203 g/mol. The van der Waals surface area contributed by atoms with Crippen molar-refractivity contribution in [3.63, 3.8) is 0 Å². The summed E-state index contributed by atoms with van der Waals surface area (Å²) in [6, 6.07) is 4.40. The second-order valence-electron chi connectivity index (χ2n) is 3.33. The van der Waals surface area contributed by atoms with Crippen molar-refractivity contribution in [3.05, 3.63) is 34.9 Å². The summed E-state index contributed by atoms with van der Waals surface area (Å²) in [5.41, 5.74) is 5.06. The molecular formula is C12H13NS. The first kappa shape index (κ1) is 9.53. The van der Waals surface area contributed by atoms with Crippen LogP contribution in [0.5, 0.6) is 0 Å². The fraction of sp³-hybridized carbons (Fsp3) is 0.250. The third kappa shape index (κ3) is 1.62. The molecule has 1 aromatic rings. The molecule has 0 atom stereocenters. The molecule has 0 aromatic heterocycles. The van der Waals surface area contributed by atoms with E-state index in [2.05, 4.69) is 29.9 Å². The number of hydrogen-bond donors (Lipinski definition) is 0. The number of fused-ring (bicyclic) bond motifs is 1. The highest BCUT2D eigenvalue weighted by Gasteiger charge is 2.13. The smallest absolute Gasteiger partial charge is 0.0697 e. The van der Waals surface area contributed by atoms with E-state index in [4.69, 9.17) is 0 Å². The van der Waals surface area contributed by atoms with E-state index in [1.54, 1.807) is 0 Å². The summed E-state index contributed by atoms with van der Waals surface area (Å²) in [7, 11) is 0. The molecule has 0 unspecified atom stereocenters. The molecule has 2 rings (SSSR count). The second-order valence-corrected chi connectivity index (χ2v) is 4.32. The van der Waals surface area contributed by atoms with Gasteiger partial charge in [-0.2, -0.15) is 11.8 Å². The number of thioether (sulfide) groups is 1. The fourth-order valence-corrected chi connectivity index (χ4v) is 2.76. The molecule has 1 aliphatic rings. The normalized spacial score (nSPS) is 14.6. The molecule has 0 spiro atoms. The van der Waals surface area contributed by atoms with Gasteiger partial charge in [0.1, 0.15) is 0 Å². The van der Waals surface area contributed by atoms with Gasteiger partial charge in [-0.15, -0.1) is 0 Å². The molecule has 1 aliphatic heterocycles. The molecule has 14 heavy (non-hydrogen) atoms. The van der Waals surface area contributed by atoms with Gasteiger partial charge in [0, 0.05) is 17.1 Å². The SMILES string of the molecule is C=Nc1cc2c(cc1/C=C\C)CSC2. The number of rotatable bonds is 2.